The van der Waals surface area contributed by atoms with E-state index in [1.165, 1.54) is 6.07 Å². The highest BCUT2D eigenvalue weighted by molar-refractivity contribution is 6.03. The van der Waals surface area contributed by atoms with Crippen molar-refractivity contribution in [1.29, 1.82) is 0 Å². The van der Waals surface area contributed by atoms with E-state index in [9.17, 15) is 18.0 Å². The van der Waals surface area contributed by atoms with E-state index in [0.29, 0.717) is 43.4 Å². The Morgan fingerprint density at radius 3 is 2.62 bits per heavy atom. The lowest BCUT2D eigenvalue weighted by molar-refractivity contribution is -0.137. The van der Waals surface area contributed by atoms with E-state index in [1.807, 2.05) is 11.8 Å². The Kier molecular flexibility index (Phi) is 6.08. The van der Waals surface area contributed by atoms with Gasteiger partial charge in [-0.15, -0.1) is 0 Å². The summed E-state index contributed by atoms with van der Waals surface area (Å²) in [5, 5.41) is 9.59. The number of rotatable bonds is 5. The molecule has 8 nitrogen and oxygen atoms in total. The summed E-state index contributed by atoms with van der Waals surface area (Å²) in [6.45, 7) is 4.46. The van der Waals surface area contributed by atoms with Gasteiger partial charge in [-0.1, -0.05) is 0 Å². The highest BCUT2D eigenvalue weighted by Gasteiger charge is 2.32. The van der Waals surface area contributed by atoms with Crippen LogP contribution in [0.5, 0.6) is 0 Å². The summed E-state index contributed by atoms with van der Waals surface area (Å²) >= 11 is 0. The maximum absolute atomic E-state index is 12.8. The van der Waals surface area contributed by atoms with Gasteiger partial charge in [0, 0.05) is 62.1 Å². The van der Waals surface area contributed by atoms with Gasteiger partial charge in [0.2, 0.25) is 0 Å². The van der Waals surface area contributed by atoms with Crippen molar-refractivity contribution in [1.82, 2.24) is 25.1 Å². The number of H-pyrrole nitrogens is 1. The smallest absolute Gasteiger partial charge is 0.351 e. The summed E-state index contributed by atoms with van der Waals surface area (Å²) in [7, 11) is 0. The first kappa shape index (κ1) is 21.8. The topological polar surface area (TPSA) is 90.0 Å². The SMILES string of the molecule is CC1CN(Cc2cn[nH]c2C(=O)Nc2ccncc2)CCN1c1ccc(C(F)(F)F)cn1. The monoisotopic (exact) mass is 445 g/mol. The number of piperazine rings is 1. The van der Waals surface area contributed by atoms with Gasteiger partial charge in [-0.25, -0.2) is 4.98 Å². The molecule has 1 saturated heterocycles. The maximum atomic E-state index is 12.8. The molecule has 1 unspecified atom stereocenters. The zero-order valence-electron chi connectivity index (χ0n) is 17.3. The van der Waals surface area contributed by atoms with Gasteiger partial charge in [0.05, 0.1) is 11.8 Å². The minimum Gasteiger partial charge on any atom is -0.351 e. The van der Waals surface area contributed by atoms with Crippen LogP contribution in [0.1, 0.15) is 28.5 Å². The van der Waals surface area contributed by atoms with Crippen LogP contribution in [-0.2, 0) is 12.7 Å². The van der Waals surface area contributed by atoms with Crippen LogP contribution in [-0.4, -0.2) is 56.6 Å². The first-order valence-corrected chi connectivity index (χ1v) is 10.1. The van der Waals surface area contributed by atoms with Crippen LogP contribution in [0.25, 0.3) is 0 Å². The highest BCUT2D eigenvalue weighted by atomic mass is 19.4. The molecule has 1 fully saturated rings. The quantitative estimate of drug-likeness (QED) is 0.627. The molecule has 0 bridgehead atoms. The molecule has 1 amide bonds. The van der Waals surface area contributed by atoms with Crippen LogP contribution in [0.4, 0.5) is 24.7 Å². The van der Waals surface area contributed by atoms with Crippen molar-refractivity contribution in [3.8, 4) is 0 Å². The molecule has 0 aliphatic carbocycles. The zero-order chi connectivity index (χ0) is 22.7. The molecule has 1 atom stereocenters. The number of hydrogen-bond acceptors (Lipinski definition) is 6. The fraction of sp³-hybridized carbons (Fsp3) is 0.333. The second-order valence-corrected chi connectivity index (χ2v) is 7.64. The number of carbonyl (C=O) groups excluding carboxylic acids is 1. The first-order valence-electron chi connectivity index (χ1n) is 10.1. The molecule has 11 heteroatoms. The summed E-state index contributed by atoms with van der Waals surface area (Å²) in [4.78, 5) is 24.7. The van der Waals surface area contributed by atoms with Crippen molar-refractivity contribution in [2.24, 2.45) is 0 Å². The van der Waals surface area contributed by atoms with Gasteiger partial charge in [0.15, 0.2) is 0 Å². The summed E-state index contributed by atoms with van der Waals surface area (Å²) in [5.74, 6) is 0.232. The minimum atomic E-state index is -4.40. The summed E-state index contributed by atoms with van der Waals surface area (Å²) in [5.41, 5.74) is 1.04. The van der Waals surface area contributed by atoms with Crippen molar-refractivity contribution in [3.63, 3.8) is 0 Å². The number of alkyl halides is 3. The molecule has 1 aliphatic rings. The molecule has 4 heterocycles. The Bertz CT molecular complexity index is 1050. The largest absolute Gasteiger partial charge is 0.417 e. The van der Waals surface area contributed by atoms with Crippen LogP contribution in [0.3, 0.4) is 0 Å². The lowest BCUT2D eigenvalue weighted by Gasteiger charge is -2.40. The fourth-order valence-corrected chi connectivity index (χ4v) is 3.74. The summed E-state index contributed by atoms with van der Waals surface area (Å²) < 4.78 is 38.3. The van der Waals surface area contributed by atoms with E-state index in [4.69, 9.17) is 0 Å². The number of nitrogens with zero attached hydrogens (tertiary/aromatic N) is 5. The second-order valence-electron chi connectivity index (χ2n) is 7.64. The molecular weight excluding hydrogens is 423 g/mol. The number of halogens is 3. The van der Waals surface area contributed by atoms with Crippen molar-refractivity contribution in [2.75, 3.05) is 29.9 Å². The maximum Gasteiger partial charge on any atom is 0.417 e. The number of carbonyl (C=O) groups is 1. The van der Waals surface area contributed by atoms with E-state index in [1.54, 1.807) is 30.7 Å². The van der Waals surface area contributed by atoms with Crippen molar-refractivity contribution >= 4 is 17.4 Å². The number of anilines is 2. The van der Waals surface area contributed by atoms with E-state index < -0.39 is 11.7 Å². The van der Waals surface area contributed by atoms with Gasteiger partial charge in [-0.3, -0.25) is 19.8 Å². The van der Waals surface area contributed by atoms with Gasteiger partial charge in [0.25, 0.3) is 5.91 Å². The third kappa shape index (κ3) is 4.88. The third-order valence-corrected chi connectivity index (χ3v) is 5.36. The van der Waals surface area contributed by atoms with E-state index >= 15 is 0 Å². The molecule has 32 heavy (non-hydrogen) atoms. The predicted molar refractivity (Wildman–Crippen MR) is 112 cm³/mol. The lowest BCUT2D eigenvalue weighted by Crippen LogP contribution is -2.52. The van der Waals surface area contributed by atoms with E-state index in [2.05, 4.69) is 30.4 Å². The minimum absolute atomic E-state index is 0.0361. The lowest BCUT2D eigenvalue weighted by atomic mass is 10.1. The molecule has 0 saturated carbocycles. The van der Waals surface area contributed by atoms with Crippen LogP contribution < -0.4 is 10.2 Å². The molecule has 1 aliphatic heterocycles. The zero-order valence-corrected chi connectivity index (χ0v) is 17.3. The van der Waals surface area contributed by atoms with Gasteiger partial charge in [0.1, 0.15) is 11.5 Å². The Balaban J connectivity index is 1.38. The first-order chi connectivity index (χ1) is 15.3. The predicted octanol–water partition coefficient (Wildman–Crippen LogP) is 3.18. The number of amides is 1. The second kappa shape index (κ2) is 8.95. The molecule has 3 aromatic rings. The average molecular weight is 445 g/mol. The summed E-state index contributed by atoms with van der Waals surface area (Å²) in [6, 6.07) is 5.90. The normalized spacial score (nSPS) is 17.4. The van der Waals surface area contributed by atoms with Gasteiger partial charge >= 0.3 is 6.18 Å². The molecule has 2 N–H and O–H groups in total. The number of aromatic amines is 1. The van der Waals surface area contributed by atoms with Crippen molar-refractivity contribution in [3.05, 3.63) is 65.9 Å². The number of pyridine rings is 2. The standard InChI is InChI=1S/C21H22F3N7O/c1-14-12-30(8-9-31(14)18-3-2-16(11-26-18)21(22,23)24)13-15-10-27-29-19(15)20(32)28-17-4-6-25-7-5-17/h2-7,10-11,14H,8-9,12-13H2,1H3,(H,27,29)(H,25,28,32). The average Bonchev–Trinajstić information content (AvgIpc) is 3.22. The number of nitrogens with one attached hydrogen (secondary N) is 2. The van der Waals surface area contributed by atoms with Gasteiger partial charge < -0.3 is 10.2 Å². The van der Waals surface area contributed by atoms with Gasteiger partial charge in [-0.2, -0.15) is 18.3 Å². The molecule has 0 aromatic carbocycles. The molecule has 3 aromatic heterocycles. The van der Waals surface area contributed by atoms with E-state index in [-0.39, 0.29) is 11.9 Å². The molecule has 4 rings (SSSR count). The molecular formula is C21H22F3N7O. The van der Waals surface area contributed by atoms with Crippen LogP contribution in [0.2, 0.25) is 0 Å². The third-order valence-electron chi connectivity index (χ3n) is 5.36. The Morgan fingerprint density at radius 2 is 1.97 bits per heavy atom. The Labute approximate surface area is 182 Å². The molecule has 0 radical (unpaired) electrons. The van der Waals surface area contributed by atoms with Crippen LogP contribution in [0, 0.1) is 0 Å². The summed E-state index contributed by atoms with van der Waals surface area (Å²) in [6.07, 6.45) is 1.29. The molecule has 0 spiro atoms. The fourth-order valence-electron chi connectivity index (χ4n) is 3.74. The van der Waals surface area contributed by atoms with Crippen molar-refractivity contribution < 1.29 is 18.0 Å². The van der Waals surface area contributed by atoms with E-state index in [0.717, 1.165) is 17.8 Å². The van der Waals surface area contributed by atoms with Crippen LogP contribution in [0.15, 0.2) is 49.1 Å². The van der Waals surface area contributed by atoms with Crippen LogP contribution >= 0.6 is 0 Å². The van der Waals surface area contributed by atoms with Gasteiger partial charge in [-0.05, 0) is 31.2 Å². The highest BCUT2D eigenvalue weighted by Crippen LogP contribution is 2.30. The Hall–Kier alpha value is -3.47. The number of aromatic nitrogens is 4. The Morgan fingerprint density at radius 1 is 1.19 bits per heavy atom. The van der Waals surface area contributed by atoms with Crippen molar-refractivity contribution in [2.45, 2.75) is 25.7 Å². The number of hydrogen-bond donors (Lipinski definition) is 2. The molecule has 168 valence electrons.